The average Bonchev–Trinajstić information content (AvgIpc) is 2.68. The van der Waals surface area contributed by atoms with Crippen molar-refractivity contribution in [2.24, 2.45) is 0 Å². The lowest BCUT2D eigenvalue weighted by molar-refractivity contribution is -0.129. The van der Waals surface area contributed by atoms with Gasteiger partial charge < -0.3 is 20.0 Å². The number of amides is 2. The molecule has 2 aromatic rings. The molecule has 142 valence electrons. The molecule has 0 radical (unpaired) electrons. The smallest absolute Gasteiger partial charge is 0.255 e. The fourth-order valence-electron chi connectivity index (χ4n) is 3.15. The largest absolute Gasteiger partial charge is 0.378 e. The Morgan fingerprint density at radius 2 is 1.48 bits per heavy atom. The van der Waals surface area contributed by atoms with Crippen molar-refractivity contribution in [3.05, 3.63) is 54.1 Å². The number of benzene rings is 2. The van der Waals surface area contributed by atoms with Crippen molar-refractivity contribution < 1.29 is 9.59 Å². The molecule has 0 atom stereocenters. The van der Waals surface area contributed by atoms with Crippen LogP contribution in [-0.4, -0.2) is 57.0 Å². The van der Waals surface area contributed by atoms with Crippen molar-refractivity contribution in [1.29, 1.82) is 0 Å². The van der Waals surface area contributed by atoms with E-state index in [1.807, 2.05) is 72.4 Å². The highest BCUT2D eigenvalue weighted by Crippen LogP contribution is 2.20. The molecule has 6 nitrogen and oxygen atoms in total. The van der Waals surface area contributed by atoms with Gasteiger partial charge in [-0.25, -0.2) is 0 Å². The van der Waals surface area contributed by atoms with Crippen LogP contribution in [0.25, 0.3) is 0 Å². The summed E-state index contributed by atoms with van der Waals surface area (Å²) in [5.74, 6) is 0.00875. The Kier molecular flexibility index (Phi) is 5.64. The number of carbonyl (C=O) groups excluding carboxylic acids is 2. The number of carbonyl (C=O) groups is 2. The molecule has 0 unspecified atom stereocenters. The van der Waals surface area contributed by atoms with Gasteiger partial charge in [0, 0.05) is 69.8 Å². The lowest BCUT2D eigenvalue weighted by atomic mass is 10.1. The molecule has 1 aliphatic rings. The number of nitrogens with one attached hydrogen (secondary N) is 1. The molecule has 0 saturated carbocycles. The van der Waals surface area contributed by atoms with Crippen molar-refractivity contribution in [2.75, 3.05) is 55.4 Å². The Hall–Kier alpha value is -3.02. The zero-order valence-corrected chi connectivity index (χ0v) is 16.1. The molecule has 2 amide bonds. The SMILES string of the molecule is CC(=O)N1CCN(c2ccc(NC(=O)c3ccc(N(C)C)cc3)cc2)CC1. The van der Waals surface area contributed by atoms with Crippen LogP contribution in [0.5, 0.6) is 0 Å². The number of nitrogens with zero attached hydrogens (tertiary/aromatic N) is 3. The lowest BCUT2D eigenvalue weighted by Gasteiger charge is -2.35. The van der Waals surface area contributed by atoms with E-state index in [0.717, 1.165) is 43.2 Å². The summed E-state index contributed by atoms with van der Waals surface area (Å²) in [4.78, 5) is 30.0. The number of anilines is 3. The standard InChI is InChI=1S/C21H26N4O2/c1-16(26)24-12-14-25(15-13-24)20-10-6-18(7-11-20)22-21(27)17-4-8-19(9-5-17)23(2)3/h4-11H,12-15H2,1-3H3,(H,22,27). The van der Waals surface area contributed by atoms with Crippen LogP contribution in [0.4, 0.5) is 17.1 Å². The third-order valence-electron chi connectivity index (χ3n) is 4.86. The van der Waals surface area contributed by atoms with Gasteiger partial charge in [-0.3, -0.25) is 9.59 Å². The normalized spacial score (nSPS) is 14.0. The average molecular weight is 366 g/mol. The van der Waals surface area contributed by atoms with Crippen LogP contribution in [0.1, 0.15) is 17.3 Å². The second-order valence-electron chi connectivity index (χ2n) is 6.94. The van der Waals surface area contributed by atoms with Crippen LogP contribution < -0.4 is 15.1 Å². The first kappa shape index (κ1) is 18.8. The zero-order valence-electron chi connectivity index (χ0n) is 16.1. The maximum Gasteiger partial charge on any atom is 0.255 e. The van der Waals surface area contributed by atoms with E-state index in [0.29, 0.717) is 5.56 Å². The molecule has 0 aliphatic carbocycles. The molecular weight excluding hydrogens is 340 g/mol. The summed E-state index contributed by atoms with van der Waals surface area (Å²) < 4.78 is 0. The van der Waals surface area contributed by atoms with Gasteiger partial charge in [0.2, 0.25) is 5.91 Å². The van der Waals surface area contributed by atoms with Crippen LogP contribution in [0, 0.1) is 0 Å². The van der Waals surface area contributed by atoms with Gasteiger partial charge in [0.1, 0.15) is 0 Å². The zero-order chi connectivity index (χ0) is 19.4. The minimum Gasteiger partial charge on any atom is -0.378 e. The molecule has 0 aromatic heterocycles. The van der Waals surface area contributed by atoms with E-state index in [9.17, 15) is 9.59 Å². The Balaban J connectivity index is 1.59. The lowest BCUT2D eigenvalue weighted by Crippen LogP contribution is -2.48. The van der Waals surface area contributed by atoms with Crippen LogP contribution >= 0.6 is 0 Å². The molecular formula is C21H26N4O2. The molecule has 0 spiro atoms. The van der Waals surface area contributed by atoms with Gasteiger partial charge in [0.25, 0.3) is 5.91 Å². The second kappa shape index (κ2) is 8.12. The van der Waals surface area contributed by atoms with E-state index in [-0.39, 0.29) is 11.8 Å². The maximum atomic E-state index is 12.4. The summed E-state index contributed by atoms with van der Waals surface area (Å²) in [5, 5.41) is 2.94. The molecule has 3 rings (SSSR count). The Labute approximate surface area is 160 Å². The van der Waals surface area contributed by atoms with E-state index in [1.165, 1.54) is 0 Å². The van der Waals surface area contributed by atoms with E-state index in [4.69, 9.17) is 0 Å². The molecule has 1 heterocycles. The number of piperazine rings is 1. The first-order valence-electron chi connectivity index (χ1n) is 9.13. The van der Waals surface area contributed by atoms with E-state index >= 15 is 0 Å². The van der Waals surface area contributed by atoms with Crippen LogP contribution in [-0.2, 0) is 4.79 Å². The van der Waals surface area contributed by atoms with Crippen LogP contribution in [0.15, 0.2) is 48.5 Å². The fraction of sp³-hybridized carbons (Fsp3) is 0.333. The molecule has 6 heteroatoms. The van der Waals surface area contributed by atoms with Crippen molar-refractivity contribution in [3.63, 3.8) is 0 Å². The van der Waals surface area contributed by atoms with E-state index in [1.54, 1.807) is 6.92 Å². The minimum absolute atomic E-state index is 0.122. The topological polar surface area (TPSA) is 55.9 Å². The summed E-state index contributed by atoms with van der Waals surface area (Å²) in [5.41, 5.74) is 3.56. The van der Waals surface area contributed by atoms with Crippen molar-refractivity contribution in [3.8, 4) is 0 Å². The van der Waals surface area contributed by atoms with Crippen molar-refractivity contribution in [1.82, 2.24) is 4.90 Å². The third kappa shape index (κ3) is 4.58. The molecule has 27 heavy (non-hydrogen) atoms. The number of hydrogen-bond acceptors (Lipinski definition) is 4. The summed E-state index contributed by atoms with van der Waals surface area (Å²) >= 11 is 0. The van der Waals surface area contributed by atoms with Gasteiger partial charge in [0.05, 0.1) is 0 Å². The van der Waals surface area contributed by atoms with E-state index in [2.05, 4.69) is 10.2 Å². The predicted molar refractivity (Wildman–Crippen MR) is 110 cm³/mol. The van der Waals surface area contributed by atoms with Crippen LogP contribution in [0.3, 0.4) is 0 Å². The van der Waals surface area contributed by atoms with Gasteiger partial charge in [-0.2, -0.15) is 0 Å². The van der Waals surface area contributed by atoms with Crippen LogP contribution in [0.2, 0.25) is 0 Å². The Morgan fingerprint density at radius 1 is 0.889 bits per heavy atom. The quantitative estimate of drug-likeness (QED) is 0.904. The minimum atomic E-state index is -0.122. The highest BCUT2D eigenvalue weighted by molar-refractivity contribution is 6.04. The monoisotopic (exact) mass is 366 g/mol. The highest BCUT2D eigenvalue weighted by Gasteiger charge is 2.18. The van der Waals surface area contributed by atoms with E-state index < -0.39 is 0 Å². The second-order valence-corrected chi connectivity index (χ2v) is 6.94. The molecule has 1 saturated heterocycles. The van der Waals surface area contributed by atoms with Crippen molar-refractivity contribution >= 4 is 28.9 Å². The van der Waals surface area contributed by atoms with Gasteiger partial charge in [-0.05, 0) is 48.5 Å². The molecule has 1 aliphatic heterocycles. The Morgan fingerprint density at radius 3 is 2.00 bits per heavy atom. The van der Waals surface area contributed by atoms with Gasteiger partial charge >= 0.3 is 0 Å². The molecule has 0 bridgehead atoms. The van der Waals surface area contributed by atoms with Gasteiger partial charge in [-0.15, -0.1) is 0 Å². The summed E-state index contributed by atoms with van der Waals surface area (Å²) in [6.07, 6.45) is 0. The summed E-state index contributed by atoms with van der Waals surface area (Å²) in [6.45, 7) is 4.75. The number of rotatable bonds is 4. The fourth-order valence-corrected chi connectivity index (χ4v) is 3.15. The third-order valence-corrected chi connectivity index (χ3v) is 4.86. The molecule has 1 fully saturated rings. The predicted octanol–water partition coefficient (Wildman–Crippen LogP) is 2.67. The molecule has 2 aromatic carbocycles. The first-order valence-corrected chi connectivity index (χ1v) is 9.13. The van der Waals surface area contributed by atoms with Gasteiger partial charge in [0.15, 0.2) is 0 Å². The number of hydrogen-bond donors (Lipinski definition) is 1. The summed E-state index contributed by atoms with van der Waals surface area (Å²) in [6, 6.07) is 15.4. The van der Waals surface area contributed by atoms with Crippen molar-refractivity contribution in [2.45, 2.75) is 6.92 Å². The molecule has 1 N–H and O–H groups in total. The Bertz CT molecular complexity index is 792. The summed E-state index contributed by atoms with van der Waals surface area (Å²) in [7, 11) is 3.94. The highest BCUT2D eigenvalue weighted by atomic mass is 16.2. The maximum absolute atomic E-state index is 12.4. The first-order chi connectivity index (χ1) is 12.9. The van der Waals surface area contributed by atoms with Gasteiger partial charge in [-0.1, -0.05) is 0 Å².